The van der Waals surface area contributed by atoms with Gasteiger partial charge in [-0.05, 0) is 38.1 Å². The van der Waals surface area contributed by atoms with Crippen molar-refractivity contribution in [3.05, 3.63) is 0 Å². The van der Waals surface area contributed by atoms with Gasteiger partial charge >= 0.3 is 0 Å². The molecule has 18 heavy (non-hydrogen) atoms. The van der Waals surface area contributed by atoms with Crippen LogP contribution in [0.15, 0.2) is 0 Å². The van der Waals surface area contributed by atoms with Crippen molar-refractivity contribution in [2.45, 2.75) is 45.4 Å². The van der Waals surface area contributed by atoms with E-state index >= 15 is 0 Å². The molecule has 0 radical (unpaired) electrons. The van der Waals surface area contributed by atoms with Crippen molar-refractivity contribution in [3.63, 3.8) is 0 Å². The summed E-state index contributed by atoms with van der Waals surface area (Å²) in [6.07, 6.45) is 8.26. The predicted octanol–water partition coefficient (Wildman–Crippen LogP) is 2.85. The molecule has 0 aromatic rings. The van der Waals surface area contributed by atoms with Crippen molar-refractivity contribution in [2.24, 2.45) is 11.8 Å². The third-order valence-corrected chi connectivity index (χ3v) is 4.02. The molecule has 1 rings (SSSR count). The molecule has 0 bridgehead atoms. The molecular formula is C15H31NO2. The molecule has 0 heterocycles. The van der Waals surface area contributed by atoms with Crippen LogP contribution >= 0.6 is 0 Å². The van der Waals surface area contributed by atoms with Crippen LogP contribution in [0.25, 0.3) is 0 Å². The highest BCUT2D eigenvalue weighted by Crippen LogP contribution is 2.33. The van der Waals surface area contributed by atoms with Crippen LogP contribution in [0.4, 0.5) is 0 Å². The van der Waals surface area contributed by atoms with E-state index in [0.717, 1.165) is 44.7 Å². The molecule has 0 spiro atoms. The first-order chi connectivity index (χ1) is 8.88. The van der Waals surface area contributed by atoms with Gasteiger partial charge in [0, 0.05) is 26.9 Å². The Morgan fingerprint density at radius 3 is 2.67 bits per heavy atom. The molecule has 1 N–H and O–H groups in total. The average Bonchev–Trinajstić information content (AvgIpc) is 2.91. The smallest absolute Gasteiger partial charge is 0.0587 e. The van der Waals surface area contributed by atoms with E-state index in [1.54, 1.807) is 7.11 Å². The summed E-state index contributed by atoms with van der Waals surface area (Å²) in [5.74, 6) is 1.78. The van der Waals surface area contributed by atoms with E-state index in [0.29, 0.717) is 0 Å². The van der Waals surface area contributed by atoms with Crippen molar-refractivity contribution in [1.29, 1.82) is 0 Å². The maximum absolute atomic E-state index is 5.45. The summed E-state index contributed by atoms with van der Waals surface area (Å²) >= 11 is 0. The minimum Gasteiger partial charge on any atom is -0.383 e. The van der Waals surface area contributed by atoms with Crippen LogP contribution < -0.4 is 5.32 Å². The lowest BCUT2D eigenvalue weighted by atomic mass is 9.87. The van der Waals surface area contributed by atoms with Crippen LogP contribution in [-0.4, -0.2) is 40.0 Å². The molecule has 0 aromatic heterocycles. The van der Waals surface area contributed by atoms with Gasteiger partial charge in [0.15, 0.2) is 0 Å². The number of nitrogens with one attached hydrogen (secondary N) is 1. The van der Waals surface area contributed by atoms with E-state index in [1.807, 2.05) is 0 Å². The topological polar surface area (TPSA) is 30.5 Å². The number of hydrogen-bond acceptors (Lipinski definition) is 3. The van der Waals surface area contributed by atoms with Gasteiger partial charge in [-0.1, -0.05) is 25.7 Å². The van der Waals surface area contributed by atoms with Gasteiger partial charge < -0.3 is 14.8 Å². The highest BCUT2D eigenvalue weighted by molar-refractivity contribution is 4.77. The number of rotatable bonds is 11. The summed E-state index contributed by atoms with van der Waals surface area (Å²) < 4.78 is 10.5. The van der Waals surface area contributed by atoms with Crippen LogP contribution in [0.1, 0.15) is 45.4 Å². The molecule has 3 heteroatoms. The summed E-state index contributed by atoms with van der Waals surface area (Å²) in [6, 6.07) is 0. The zero-order valence-electron chi connectivity index (χ0n) is 12.2. The highest BCUT2D eigenvalue weighted by atomic mass is 16.5. The van der Waals surface area contributed by atoms with Crippen LogP contribution in [0.2, 0.25) is 0 Å². The maximum Gasteiger partial charge on any atom is 0.0587 e. The monoisotopic (exact) mass is 257 g/mol. The van der Waals surface area contributed by atoms with Crippen molar-refractivity contribution in [1.82, 2.24) is 5.32 Å². The van der Waals surface area contributed by atoms with Gasteiger partial charge in [-0.25, -0.2) is 0 Å². The van der Waals surface area contributed by atoms with Gasteiger partial charge in [-0.2, -0.15) is 0 Å². The molecule has 1 unspecified atom stereocenters. The van der Waals surface area contributed by atoms with Crippen molar-refractivity contribution in [3.8, 4) is 0 Å². The Bertz CT molecular complexity index is 169. The third-order valence-electron chi connectivity index (χ3n) is 4.02. The Morgan fingerprint density at radius 1 is 1.22 bits per heavy atom. The fourth-order valence-electron chi connectivity index (χ4n) is 2.99. The lowest BCUT2D eigenvalue weighted by molar-refractivity contribution is 0.134. The molecule has 1 aliphatic rings. The number of methoxy groups -OCH3 is 1. The van der Waals surface area contributed by atoms with Gasteiger partial charge in [0.2, 0.25) is 0 Å². The molecule has 108 valence electrons. The van der Waals surface area contributed by atoms with E-state index in [2.05, 4.69) is 12.2 Å². The Hall–Kier alpha value is -0.120. The first kappa shape index (κ1) is 15.9. The standard InChI is InChI=1S/C15H31NO2/c1-3-18-11-6-9-15(13-16-10-12-17-2)14-7-4-5-8-14/h14-16H,3-13H2,1-2H3. The van der Waals surface area contributed by atoms with Gasteiger partial charge in [-0.15, -0.1) is 0 Å². The second-order valence-corrected chi connectivity index (χ2v) is 5.34. The zero-order valence-corrected chi connectivity index (χ0v) is 12.2. The summed E-state index contributed by atoms with van der Waals surface area (Å²) in [5.41, 5.74) is 0. The summed E-state index contributed by atoms with van der Waals surface area (Å²) in [5, 5.41) is 3.54. The average molecular weight is 257 g/mol. The Morgan fingerprint density at radius 2 is 2.00 bits per heavy atom. The predicted molar refractivity (Wildman–Crippen MR) is 75.9 cm³/mol. The van der Waals surface area contributed by atoms with Gasteiger partial charge in [0.1, 0.15) is 0 Å². The van der Waals surface area contributed by atoms with Crippen molar-refractivity contribution >= 4 is 0 Å². The SMILES string of the molecule is CCOCCCC(CNCCOC)C1CCCC1. The van der Waals surface area contributed by atoms with Crippen LogP contribution in [0.3, 0.4) is 0 Å². The first-order valence-corrected chi connectivity index (χ1v) is 7.65. The molecule has 0 aliphatic heterocycles. The maximum atomic E-state index is 5.45. The Balaban J connectivity index is 2.18. The van der Waals surface area contributed by atoms with Gasteiger partial charge in [0.05, 0.1) is 6.61 Å². The summed E-state index contributed by atoms with van der Waals surface area (Å²) in [7, 11) is 1.76. The second kappa shape index (κ2) is 10.8. The minimum atomic E-state index is 0.816. The van der Waals surface area contributed by atoms with E-state index in [1.165, 1.54) is 38.5 Å². The molecular weight excluding hydrogens is 226 g/mol. The number of ether oxygens (including phenoxy) is 2. The normalized spacial score (nSPS) is 18.3. The molecule has 0 aromatic carbocycles. The first-order valence-electron chi connectivity index (χ1n) is 7.65. The van der Waals surface area contributed by atoms with Gasteiger partial charge in [-0.3, -0.25) is 0 Å². The molecule has 1 atom stereocenters. The molecule has 0 amide bonds. The lowest BCUT2D eigenvalue weighted by Crippen LogP contribution is -2.30. The van der Waals surface area contributed by atoms with E-state index < -0.39 is 0 Å². The minimum absolute atomic E-state index is 0.816. The van der Waals surface area contributed by atoms with E-state index in [-0.39, 0.29) is 0 Å². The van der Waals surface area contributed by atoms with Crippen molar-refractivity contribution < 1.29 is 9.47 Å². The fourth-order valence-corrected chi connectivity index (χ4v) is 2.99. The van der Waals surface area contributed by atoms with E-state index in [9.17, 15) is 0 Å². The molecule has 0 saturated heterocycles. The molecule has 3 nitrogen and oxygen atoms in total. The highest BCUT2D eigenvalue weighted by Gasteiger charge is 2.24. The second-order valence-electron chi connectivity index (χ2n) is 5.34. The fraction of sp³-hybridized carbons (Fsp3) is 1.00. The lowest BCUT2D eigenvalue weighted by Gasteiger charge is -2.24. The summed E-state index contributed by atoms with van der Waals surface area (Å²) in [6.45, 7) is 6.79. The Labute approximate surface area is 113 Å². The Kier molecular flexibility index (Phi) is 9.54. The van der Waals surface area contributed by atoms with Crippen molar-refractivity contribution in [2.75, 3.05) is 40.0 Å². The largest absolute Gasteiger partial charge is 0.383 e. The quantitative estimate of drug-likeness (QED) is 0.577. The van der Waals surface area contributed by atoms with Crippen LogP contribution in [0, 0.1) is 11.8 Å². The van der Waals surface area contributed by atoms with Crippen LogP contribution in [-0.2, 0) is 9.47 Å². The van der Waals surface area contributed by atoms with E-state index in [4.69, 9.17) is 9.47 Å². The third kappa shape index (κ3) is 6.72. The van der Waals surface area contributed by atoms with Crippen LogP contribution in [0.5, 0.6) is 0 Å². The number of hydrogen-bond donors (Lipinski definition) is 1. The van der Waals surface area contributed by atoms with Gasteiger partial charge in [0.25, 0.3) is 0 Å². The molecule has 1 aliphatic carbocycles. The molecule has 1 fully saturated rings. The molecule has 1 saturated carbocycles. The summed E-state index contributed by atoms with van der Waals surface area (Å²) in [4.78, 5) is 0. The zero-order chi connectivity index (χ0) is 13.1.